The van der Waals surface area contributed by atoms with Crippen LogP contribution in [0.5, 0.6) is 0 Å². The fraction of sp³-hybridized carbons (Fsp3) is 0.562. The van der Waals surface area contributed by atoms with Crippen LogP contribution in [0.15, 0.2) is 35.3 Å². The second-order valence-corrected chi connectivity index (χ2v) is 4.57. The van der Waals surface area contributed by atoms with Crippen LogP contribution in [0.1, 0.15) is 25.3 Å². The van der Waals surface area contributed by atoms with Gasteiger partial charge in [0.05, 0.1) is 0 Å². The molecule has 0 spiro atoms. The fourth-order valence-electron chi connectivity index (χ4n) is 1.89. The highest BCUT2D eigenvalue weighted by molar-refractivity contribution is 14.0. The van der Waals surface area contributed by atoms with E-state index in [0.29, 0.717) is 0 Å². The Kier molecular flexibility index (Phi) is 13.6. The monoisotopic (exact) mass is 405 g/mol. The normalized spacial score (nSPS) is 10.9. The molecule has 1 aromatic carbocycles. The van der Waals surface area contributed by atoms with E-state index in [9.17, 15) is 0 Å². The van der Waals surface area contributed by atoms with Crippen LogP contribution >= 0.6 is 24.0 Å². The summed E-state index contributed by atoms with van der Waals surface area (Å²) in [6.45, 7) is 5.42. The molecule has 2 N–H and O–H groups in total. The molecule has 0 saturated carbocycles. The molecule has 4 nitrogen and oxygen atoms in total. The summed E-state index contributed by atoms with van der Waals surface area (Å²) < 4.78 is 5.30. The van der Waals surface area contributed by atoms with E-state index in [1.807, 2.05) is 6.92 Å². The van der Waals surface area contributed by atoms with Gasteiger partial charge >= 0.3 is 0 Å². The van der Waals surface area contributed by atoms with Gasteiger partial charge in [0.25, 0.3) is 0 Å². The first-order valence-electron chi connectivity index (χ1n) is 7.43. The lowest BCUT2D eigenvalue weighted by Gasteiger charge is -2.11. The highest BCUT2D eigenvalue weighted by atomic mass is 127. The molecule has 0 unspecified atom stereocenters. The molecule has 0 heterocycles. The van der Waals surface area contributed by atoms with Crippen molar-refractivity contribution in [2.45, 2.75) is 26.2 Å². The van der Waals surface area contributed by atoms with Crippen molar-refractivity contribution < 1.29 is 4.74 Å². The van der Waals surface area contributed by atoms with E-state index in [1.54, 1.807) is 7.05 Å². The molecule has 1 rings (SSSR count). The molecule has 0 fully saturated rings. The van der Waals surface area contributed by atoms with Crippen molar-refractivity contribution in [1.82, 2.24) is 10.6 Å². The van der Waals surface area contributed by atoms with Crippen LogP contribution in [0.3, 0.4) is 0 Å². The first-order valence-corrected chi connectivity index (χ1v) is 7.43. The smallest absolute Gasteiger partial charge is 0.190 e. The molecule has 0 aromatic heterocycles. The van der Waals surface area contributed by atoms with Crippen molar-refractivity contribution in [2.24, 2.45) is 4.99 Å². The van der Waals surface area contributed by atoms with Gasteiger partial charge in [-0.25, -0.2) is 0 Å². The van der Waals surface area contributed by atoms with Gasteiger partial charge in [-0.3, -0.25) is 4.99 Å². The quantitative estimate of drug-likeness (QED) is 0.288. The minimum Gasteiger partial charge on any atom is -0.382 e. The van der Waals surface area contributed by atoms with Gasteiger partial charge < -0.3 is 15.4 Å². The summed E-state index contributed by atoms with van der Waals surface area (Å²) >= 11 is 0. The molecule has 120 valence electrons. The lowest BCUT2D eigenvalue weighted by Crippen LogP contribution is -2.38. The summed E-state index contributed by atoms with van der Waals surface area (Å²) in [4.78, 5) is 4.20. The Morgan fingerprint density at radius 2 is 1.76 bits per heavy atom. The average molecular weight is 405 g/mol. The molecular weight excluding hydrogens is 377 g/mol. The van der Waals surface area contributed by atoms with Crippen molar-refractivity contribution in [1.29, 1.82) is 0 Å². The summed E-state index contributed by atoms with van der Waals surface area (Å²) in [6, 6.07) is 10.6. The molecule has 0 aliphatic rings. The van der Waals surface area contributed by atoms with Crippen LogP contribution in [-0.2, 0) is 11.2 Å². The third kappa shape index (κ3) is 10.5. The molecule has 0 bridgehead atoms. The molecule has 0 aliphatic carbocycles. The van der Waals surface area contributed by atoms with Crippen molar-refractivity contribution in [2.75, 3.05) is 33.4 Å². The predicted molar refractivity (Wildman–Crippen MR) is 101 cm³/mol. The van der Waals surface area contributed by atoms with Crippen molar-refractivity contribution in [3.63, 3.8) is 0 Å². The van der Waals surface area contributed by atoms with E-state index in [1.165, 1.54) is 5.56 Å². The number of benzene rings is 1. The van der Waals surface area contributed by atoms with Crippen LogP contribution in [-0.4, -0.2) is 39.3 Å². The Bertz CT molecular complexity index is 371. The van der Waals surface area contributed by atoms with Crippen LogP contribution in [0, 0.1) is 0 Å². The standard InChI is InChI=1S/C16H27N3O.HI/c1-3-20-14-8-13-19-16(17-2)18-12-7-11-15-9-5-4-6-10-15;/h4-6,9-10H,3,7-8,11-14H2,1-2H3,(H2,17,18,19);1H. The third-order valence-electron chi connectivity index (χ3n) is 2.96. The number of hydrogen-bond acceptors (Lipinski definition) is 2. The molecule has 0 saturated heterocycles. The van der Waals surface area contributed by atoms with Gasteiger partial charge in [0, 0.05) is 33.4 Å². The lowest BCUT2D eigenvalue weighted by molar-refractivity contribution is 0.145. The van der Waals surface area contributed by atoms with E-state index in [-0.39, 0.29) is 24.0 Å². The van der Waals surface area contributed by atoms with Crippen molar-refractivity contribution in [3.8, 4) is 0 Å². The molecular formula is C16H28IN3O. The molecule has 0 radical (unpaired) electrons. The van der Waals surface area contributed by atoms with Crippen molar-refractivity contribution >= 4 is 29.9 Å². The number of ether oxygens (including phenoxy) is 1. The van der Waals surface area contributed by atoms with E-state index in [0.717, 1.165) is 51.5 Å². The van der Waals surface area contributed by atoms with E-state index in [2.05, 4.69) is 46.0 Å². The lowest BCUT2D eigenvalue weighted by atomic mass is 10.1. The second-order valence-electron chi connectivity index (χ2n) is 4.57. The van der Waals surface area contributed by atoms with E-state index < -0.39 is 0 Å². The minimum absolute atomic E-state index is 0. The number of rotatable bonds is 9. The molecule has 21 heavy (non-hydrogen) atoms. The summed E-state index contributed by atoms with van der Waals surface area (Å²) in [5.74, 6) is 0.870. The zero-order valence-corrected chi connectivity index (χ0v) is 15.4. The molecule has 0 aliphatic heterocycles. The van der Waals surface area contributed by atoms with Gasteiger partial charge in [0.2, 0.25) is 0 Å². The fourth-order valence-corrected chi connectivity index (χ4v) is 1.89. The highest BCUT2D eigenvalue weighted by Crippen LogP contribution is 2.01. The van der Waals surface area contributed by atoms with E-state index >= 15 is 0 Å². The number of halogens is 1. The maximum absolute atomic E-state index is 5.30. The van der Waals surface area contributed by atoms with Crippen LogP contribution in [0.25, 0.3) is 0 Å². The largest absolute Gasteiger partial charge is 0.382 e. The Morgan fingerprint density at radius 1 is 1.10 bits per heavy atom. The van der Waals surface area contributed by atoms with Gasteiger partial charge in [-0.15, -0.1) is 24.0 Å². The Morgan fingerprint density at radius 3 is 2.38 bits per heavy atom. The predicted octanol–water partition coefficient (Wildman–Crippen LogP) is 2.83. The van der Waals surface area contributed by atoms with Gasteiger partial charge in [0.1, 0.15) is 0 Å². The highest BCUT2D eigenvalue weighted by Gasteiger charge is 1.97. The van der Waals surface area contributed by atoms with Gasteiger partial charge in [-0.05, 0) is 31.7 Å². The zero-order chi connectivity index (χ0) is 14.5. The minimum atomic E-state index is 0. The average Bonchev–Trinajstić information content (AvgIpc) is 2.50. The first kappa shape index (κ1) is 20.2. The maximum atomic E-state index is 5.30. The third-order valence-corrected chi connectivity index (χ3v) is 2.96. The van der Waals surface area contributed by atoms with Gasteiger partial charge in [-0.1, -0.05) is 30.3 Å². The number of aliphatic imine (C=N–C) groups is 1. The first-order chi connectivity index (χ1) is 9.86. The number of hydrogen-bond donors (Lipinski definition) is 2. The second kappa shape index (κ2) is 14.1. The van der Waals surface area contributed by atoms with Crippen LogP contribution in [0.2, 0.25) is 0 Å². The van der Waals surface area contributed by atoms with Gasteiger partial charge in [0.15, 0.2) is 5.96 Å². The molecule has 0 amide bonds. The number of aryl methyl sites for hydroxylation is 1. The summed E-state index contributed by atoms with van der Waals surface area (Å²) in [6.07, 6.45) is 3.19. The Labute approximate surface area is 145 Å². The summed E-state index contributed by atoms with van der Waals surface area (Å²) in [5.41, 5.74) is 1.38. The van der Waals surface area contributed by atoms with E-state index in [4.69, 9.17) is 4.74 Å². The maximum Gasteiger partial charge on any atom is 0.190 e. The SMILES string of the molecule is CCOCCCNC(=NC)NCCCc1ccccc1.I. The van der Waals surface area contributed by atoms with Gasteiger partial charge in [-0.2, -0.15) is 0 Å². The van der Waals surface area contributed by atoms with Crippen LogP contribution < -0.4 is 10.6 Å². The topological polar surface area (TPSA) is 45.6 Å². The number of nitrogens with zero attached hydrogens (tertiary/aromatic N) is 1. The van der Waals surface area contributed by atoms with Crippen LogP contribution in [0.4, 0.5) is 0 Å². The van der Waals surface area contributed by atoms with Crippen molar-refractivity contribution in [3.05, 3.63) is 35.9 Å². The molecule has 0 atom stereocenters. The molecule has 5 heteroatoms. The summed E-state index contributed by atoms with van der Waals surface area (Å²) in [5, 5.41) is 6.61. The zero-order valence-electron chi connectivity index (χ0n) is 13.1. The Balaban J connectivity index is 0.00000400. The Hall–Kier alpha value is -0.820. The number of nitrogens with one attached hydrogen (secondary N) is 2. The summed E-state index contributed by atoms with van der Waals surface area (Å²) in [7, 11) is 1.80. The number of guanidine groups is 1. The molecule has 1 aromatic rings.